The molecule has 9 nitrogen and oxygen atoms in total. The van der Waals surface area contributed by atoms with Gasteiger partial charge in [-0.15, -0.1) is 0 Å². The van der Waals surface area contributed by atoms with Crippen LogP contribution in [0.2, 0.25) is 10.0 Å². The summed E-state index contributed by atoms with van der Waals surface area (Å²) in [4.78, 5) is 24.2. The highest BCUT2D eigenvalue weighted by Gasteiger charge is 2.37. The lowest BCUT2D eigenvalue weighted by molar-refractivity contribution is -0.148. The van der Waals surface area contributed by atoms with E-state index in [2.05, 4.69) is 31.3 Å². The normalized spacial score (nSPS) is 20.8. The van der Waals surface area contributed by atoms with Crippen LogP contribution in [0.25, 0.3) is 0 Å². The third kappa shape index (κ3) is 6.90. The third-order valence-corrected chi connectivity index (χ3v) is 8.50. The van der Waals surface area contributed by atoms with Gasteiger partial charge in [-0.05, 0) is 43.0 Å². The number of carbonyl (C=O) groups excluding carboxylic acids is 1. The zero-order valence-corrected chi connectivity index (χ0v) is 24.3. The molecule has 0 saturated carbocycles. The molecule has 2 aromatic rings. The van der Waals surface area contributed by atoms with Crippen LogP contribution in [0.4, 0.5) is 11.5 Å². The monoisotopic (exact) mass is 583 g/mol. The molecule has 4 rings (SSSR count). The minimum absolute atomic E-state index is 0.257. The Morgan fingerprint density at radius 2 is 1.84 bits per heavy atom. The van der Waals surface area contributed by atoms with E-state index in [1.54, 1.807) is 6.07 Å². The Morgan fingerprint density at radius 1 is 1.16 bits per heavy atom. The van der Waals surface area contributed by atoms with Crippen molar-refractivity contribution in [3.8, 4) is 0 Å². The SMILES string of the molecule is CCC1CN(c2ncc(NS(C)(=O)=O)cc2Cl)CCN1C1CCN(C(C(=O)OC)c2ccc(Cl)cc2)CC1. The molecule has 0 amide bonds. The fourth-order valence-electron chi connectivity index (χ4n) is 5.57. The van der Waals surface area contributed by atoms with E-state index < -0.39 is 16.1 Å². The zero-order valence-electron chi connectivity index (χ0n) is 21.9. The second kappa shape index (κ2) is 12.4. The largest absolute Gasteiger partial charge is 0.468 e. The first-order valence-corrected chi connectivity index (χ1v) is 15.5. The van der Waals surface area contributed by atoms with Crippen LogP contribution in [0.15, 0.2) is 36.5 Å². The van der Waals surface area contributed by atoms with Crippen molar-refractivity contribution in [2.45, 2.75) is 44.3 Å². The summed E-state index contributed by atoms with van der Waals surface area (Å²) in [6, 6.07) is 9.32. The molecule has 1 aromatic carbocycles. The lowest BCUT2D eigenvalue weighted by Gasteiger charge is -2.48. The number of hydrogen-bond donors (Lipinski definition) is 1. The molecular weight excluding hydrogens is 549 g/mol. The van der Waals surface area contributed by atoms with Crippen LogP contribution in [0.5, 0.6) is 0 Å². The summed E-state index contributed by atoms with van der Waals surface area (Å²) >= 11 is 12.6. The van der Waals surface area contributed by atoms with Gasteiger partial charge in [0.15, 0.2) is 0 Å². The van der Waals surface area contributed by atoms with Crippen molar-refractivity contribution in [2.75, 3.05) is 55.7 Å². The Morgan fingerprint density at radius 3 is 2.42 bits per heavy atom. The number of benzene rings is 1. The lowest BCUT2D eigenvalue weighted by Crippen LogP contribution is -2.58. The maximum Gasteiger partial charge on any atom is 0.327 e. The van der Waals surface area contributed by atoms with Crippen LogP contribution in [0.1, 0.15) is 37.8 Å². The number of aromatic nitrogens is 1. The van der Waals surface area contributed by atoms with Crippen molar-refractivity contribution in [1.82, 2.24) is 14.8 Å². The van der Waals surface area contributed by atoms with Crippen LogP contribution in [0, 0.1) is 0 Å². The second-order valence-electron chi connectivity index (χ2n) is 9.89. The summed E-state index contributed by atoms with van der Waals surface area (Å²) in [5.74, 6) is 0.412. The number of sulfonamides is 1. The molecule has 208 valence electrons. The fourth-order valence-corrected chi connectivity index (χ4v) is 6.52. The van der Waals surface area contributed by atoms with Crippen LogP contribution in [0.3, 0.4) is 0 Å². The molecule has 0 aliphatic carbocycles. The summed E-state index contributed by atoms with van der Waals surface area (Å²) in [5, 5.41) is 1.06. The molecule has 2 atom stereocenters. The molecule has 0 spiro atoms. The Bertz CT molecular complexity index is 1220. The smallest absolute Gasteiger partial charge is 0.327 e. The van der Waals surface area contributed by atoms with E-state index in [0.717, 1.165) is 63.8 Å². The number of methoxy groups -OCH3 is 1. The van der Waals surface area contributed by atoms with Crippen LogP contribution in [-0.4, -0.2) is 87.3 Å². The molecule has 2 saturated heterocycles. The summed E-state index contributed by atoms with van der Waals surface area (Å²) in [7, 11) is -1.97. The first-order chi connectivity index (χ1) is 18.1. The summed E-state index contributed by atoms with van der Waals surface area (Å²) in [6.07, 6.45) is 5.50. The van der Waals surface area contributed by atoms with Gasteiger partial charge in [0.2, 0.25) is 10.0 Å². The van der Waals surface area contributed by atoms with E-state index in [4.69, 9.17) is 27.9 Å². The summed E-state index contributed by atoms with van der Waals surface area (Å²) < 4.78 is 30.6. The van der Waals surface area contributed by atoms with Crippen molar-refractivity contribution >= 4 is 50.7 Å². The molecule has 0 radical (unpaired) electrons. The quantitative estimate of drug-likeness (QED) is 0.465. The Labute approximate surface area is 235 Å². The van der Waals surface area contributed by atoms with Gasteiger partial charge in [-0.3, -0.25) is 14.5 Å². The molecule has 0 bridgehead atoms. The number of pyridine rings is 1. The molecule has 1 aromatic heterocycles. The molecule has 12 heteroatoms. The molecular formula is C26H35Cl2N5O4S. The molecule has 2 unspecified atom stereocenters. The Hall–Kier alpha value is -2.11. The number of piperazine rings is 1. The third-order valence-electron chi connectivity index (χ3n) is 7.37. The van der Waals surface area contributed by atoms with Crippen LogP contribution in [-0.2, 0) is 19.6 Å². The summed E-state index contributed by atoms with van der Waals surface area (Å²) in [5.41, 5.74) is 1.24. The number of esters is 1. The predicted molar refractivity (Wildman–Crippen MR) is 152 cm³/mol. The first-order valence-electron chi connectivity index (χ1n) is 12.8. The number of carbonyl (C=O) groups is 1. The number of ether oxygens (including phenoxy) is 1. The van der Waals surface area contributed by atoms with Gasteiger partial charge in [0, 0.05) is 49.8 Å². The fraction of sp³-hybridized carbons (Fsp3) is 0.538. The highest BCUT2D eigenvalue weighted by Crippen LogP contribution is 2.32. The van der Waals surface area contributed by atoms with Crippen molar-refractivity contribution in [2.24, 2.45) is 0 Å². The lowest BCUT2D eigenvalue weighted by atomic mass is 9.95. The highest BCUT2D eigenvalue weighted by atomic mass is 35.5. The van der Waals surface area contributed by atoms with E-state index >= 15 is 0 Å². The average molecular weight is 585 g/mol. The number of likely N-dealkylation sites (tertiary alicyclic amines) is 1. The Kier molecular flexibility index (Phi) is 9.41. The standard InChI is InChI=1S/C26H35Cl2N5O4S/c1-4-21-17-32(25-23(28)15-20(16-29-25)30-38(3,35)36)13-14-33(21)22-9-11-31(12-10-22)24(26(34)37-2)18-5-7-19(27)8-6-18/h5-8,15-16,21-22,24,30H,4,9-14,17H2,1-3H3. The van der Waals surface area contributed by atoms with E-state index in [9.17, 15) is 13.2 Å². The number of nitrogens with one attached hydrogen (secondary N) is 1. The van der Waals surface area contributed by atoms with Gasteiger partial charge < -0.3 is 9.64 Å². The van der Waals surface area contributed by atoms with Gasteiger partial charge in [-0.2, -0.15) is 0 Å². The van der Waals surface area contributed by atoms with Crippen LogP contribution < -0.4 is 9.62 Å². The maximum absolute atomic E-state index is 12.7. The van der Waals surface area contributed by atoms with Gasteiger partial charge in [-0.25, -0.2) is 18.2 Å². The van der Waals surface area contributed by atoms with Gasteiger partial charge in [-0.1, -0.05) is 42.3 Å². The minimum atomic E-state index is -3.40. The number of anilines is 2. The van der Waals surface area contributed by atoms with Gasteiger partial charge in [0.05, 0.1) is 30.3 Å². The summed E-state index contributed by atoms with van der Waals surface area (Å²) in [6.45, 7) is 6.23. The number of halogens is 2. The van der Waals surface area contributed by atoms with Crippen molar-refractivity contribution in [3.63, 3.8) is 0 Å². The van der Waals surface area contributed by atoms with Gasteiger partial charge >= 0.3 is 5.97 Å². The van der Waals surface area contributed by atoms with Crippen molar-refractivity contribution in [3.05, 3.63) is 52.1 Å². The molecule has 2 aliphatic heterocycles. The van der Waals surface area contributed by atoms with E-state index in [1.165, 1.54) is 13.3 Å². The molecule has 2 fully saturated rings. The highest BCUT2D eigenvalue weighted by molar-refractivity contribution is 7.92. The molecule has 3 heterocycles. The van der Waals surface area contributed by atoms with Crippen LogP contribution >= 0.6 is 23.2 Å². The first kappa shape index (κ1) is 28.9. The number of rotatable bonds is 8. The number of hydrogen-bond acceptors (Lipinski definition) is 8. The molecule has 38 heavy (non-hydrogen) atoms. The molecule has 2 aliphatic rings. The average Bonchev–Trinajstić information content (AvgIpc) is 2.89. The van der Waals surface area contributed by atoms with Gasteiger partial charge in [0.25, 0.3) is 0 Å². The van der Waals surface area contributed by atoms with E-state index in [1.807, 2.05) is 24.3 Å². The van der Waals surface area contributed by atoms with Crippen molar-refractivity contribution < 1.29 is 17.9 Å². The molecule has 1 N–H and O–H groups in total. The van der Waals surface area contributed by atoms with E-state index in [0.29, 0.717) is 33.6 Å². The van der Waals surface area contributed by atoms with Crippen molar-refractivity contribution in [1.29, 1.82) is 0 Å². The van der Waals surface area contributed by atoms with Gasteiger partial charge in [0.1, 0.15) is 11.9 Å². The second-order valence-corrected chi connectivity index (χ2v) is 12.5. The minimum Gasteiger partial charge on any atom is -0.468 e. The number of piperidine rings is 1. The number of nitrogens with zero attached hydrogens (tertiary/aromatic N) is 4. The Balaban J connectivity index is 1.40. The zero-order chi connectivity index (χ0) is 27.4. The predicted octanol–water partition coefficient (Wildman–Crippen LogP) is 4.04. The maximum atomic E-state index is 12.7. The topological polar surface area (TPSA) is 95.1 Å². The van der Waals surface area contributed by atoms with E-state index in [-0.39, 0.29) is 5.97 Å².